The largest absolute Gasteiger partial charge is 0.455 e. The minimum absolute atomic E-state index is 0.0201. The van der Waals surface area contributed by atoms with Crippen LogP contribution in [0.1, 0.15) is 43.0 Å². The smallest absolute Gasteiger partial charge is 0.290 e. The zero-order valence-electron chi connectivity index (χ0n) is 11.1. The van der Waals surface area contributed by atoms with E-state index in [2.05, 4.69) is 0 Å². The van der Waals surface area contributed by atoms with Gasteiger partial charge in [-0.05, 0) is 33.6 Å². The average molecular weight is 306 g/mol. The highest BCUT2D eigenvalue weighted by Gasteiger charge is 2.37. The molecule has 19 heavy (non-hydrogen) atoms. The number of hydrogen-bond donors (Lipinski definition) is 0. The summed E-state index contributed by atoms with van der Waals surface area (Å²) in [6.45, 7) is 6.08. The first kappa shape index (κ1) is 14.4. The highest BCUT2D eigenvalue weighted by molar-refractivity contribution is 8.13. The van der Waals surface area contributed by atoms with E-state index in [9.17, 15) is 13.2 Å². The summed E-state index contributed by atoms with van der Waals surface area (Å²) in [5.74, 6) is -0.140. The van der Waals surface area contributed by atoms with E-state index in [-0.39, 0.29) is 27.9 Å². The van der Waals surface area contributed by atoms with Crippen LogP contribution in [-0.2, 0) is 9.05 Å². The summed E-state index contributed by atoms with van der Waals surface area (Å²) in [6.07, 6.45) is 1.85. The van der Waals surface area contributed by atoms with Crippen molar-refractivity contribution in [2.24, 2.45) is 0 Å². The van der Waals surface area contributed by atoms with Crippen molar-refractivity contribution in [3.8, 4) is 0 Å². The third-order valence-electron chi connectivity index (χ3n) is 3.49. The first-order chi connectivity index (χ1) is 8.63. The second-order valence-corrected chi connectivity index (χ2v) is 7.88. The van der Waals surface area contributed by atoms with Gasteiger partial charge in [-0.1, -0.05) is 0 Å². The van der Waals surface area contributed by atoms with Crippen molar-refractivity contribution in [2.45, 2.75) is 44.0 Å². The van der Waals surface area contributed by atoms with E-state index in [0.717, 1.165) is 12.8 Å². The Morgan fingerprint density at radius 3 is 2.53 bits per heavy atom. The predicted octanol–water partition coefficient (Wildman–Crippen LogP) is 2.53. The van der Waals surface area contributed by atoms with Crippen molar-refractivity contribution >= 4 is 25.6 Å². The molecule has 1 aliphatic heterocycles. The quantitative estimate of drug-likeness (QED) is 0.787. The third-order valence-corrected chi connectivity index (χ3v) is 4.92. The second-order valence-electron chi connectivity index (χ2n) is 5.34. The summed E-state index contributed by atoms with van der Waals surface area (Å²) in [4.78, 5) is 13.9. The molecule has 2 heterocycles. The summed E-state index contributed by atoms with van der Waals surface area (Å²) in [5.41, 5.74) is -0.238. The van der Waals surface area contributed by atoms with Crippen molar-refractivity contribution in [2.75, 3.05) is 6.54 Å². The highest BCUT2D eigenvalue weighted by Crippen LogP contribution is 2.31. The fourth-order valence-electron chi connectivity index (χ4n) is 2.43. The van der Waals surface area contributed by atoms with Crippen LogP contribution in [0.15, 0.2) is 15.4 Å². The number of halogens is 1. The van der Waals surface area contributed by atoms with E-state index in [1.807, 2.05) is 13.8 Å². The molecule has 0 saturated carbocycles. The van der Waals surface area contributed by atoms with Crippen LogP contribution in [-0.4, -0.2) is 31.3 Å². The molecule has 1 fully saturated rings. The number of hydrogen-bond acceptors (Lipinski definition) is 4. The van der Waals surface area contributed by atoms with Gasteiger partial charge in [-0.3, -0.25) is 4.79 Å². The van der Waals surface area contributed by atoms with Crippen molar-refractivity contribution in [1.82, 2.24) is 4.90 Å². The predicted molar refractivity (Wildman–Crippen MR) is 70.8 cm³/mol. The number of aryl methyl sites for hydroxylation is 1. The summed E-state index contributed by atoms with van der Waals surface area (Å²) in [6, 6.07) is 1.20. The van der Waals surface area contributed by atoms with Gasteiger partial charge in [0.05, 0.1) is 0 Å². The Morgan fingerprint density at radius 2 is 2.11 bits per heavy atom. The Hall–Kier alpha value is -1.01. The molecule has 0 bridgehead atoms. The molecular formula is C12H16ClNO4S. The number of carbonyl (C=O) groups is 1. The molecule has 0 spiro atoms. The highest BCUT2D eigenvalue weighted by atomic mass is 35.7. The summed E-state index contributed by atoms with van der Waals surface area (Å²) >= 11 is 0. The number of amides is 1. The molecule has 1 amide bonds. The minimum Gasteiger partial charge on any atom is -0.455 e. The lowest BCUT2D eigenvalue weighted by molar-refractivity contribution is 0.0617. The van der Waals surface area contributed by atoms with Gasteiger partial charge in [0.2, 0.25) is 0 Å². The van der Waals surface area contributed by atoms with Crippen LogP contribution in [0.3, 0.4) is 0 Å². The summed E-state index contributed by atoms with van der Waals surface area (Å²) < 4.78 is 27.9. The van der Waals surface area contributed by atoms with Crippen LogP contribution in [0.4, 0.5) is 0 Å². The van der Waals surface area contributed by atoms with Crippen LogP contribution < -0.4 is 0 Å². The molecule has 2 rings (SSSR count). The molecule has 0 unspecified atom stereocenters. The van der Waals surface area contributed by atoms with Crippen LogP contribution in [0.25, 0.3) is 0 Å². The van der Waals surface area contributed by atoms with Crippen molar-refractivity contribution in [3.05, 3.63) is 17.6 Å². The van der Waals surface area contributed by atoms with Gasteiger partial charge in [-0.15, -0.1) is 0 Å². The van der Waals surface area contributed by atoms with Crippen LogP contribution >= 0.6 is 10.7 Å². The number of nitrogens with zero attached hydrogens (tertiary/aromatic N) is 1. The lowest BCUT2D eigenvalue weighted by Crippen LogP contribution is -2.42. The molecule has 1 aromatic rings. The fourth-order valence-corrected chi connectivity index (χ4v) is 3.52. The Bertz CT molecular complexity index is 618. The molecule has 0 aromatic carbocycles. The topological polar surface area (TPSA) is 67.6 Å². The molecule has 1 saturated heterocycles. The van der Waals surface area contributed by atoms with E-state index < -0.39 is 9.05 Å². The standard InChI is InChI=1S/C12H16ClNO4S/c1-8-10(19(13,16)17)7-9(18-8)11(15)14-6-4-5-12(14,2)3/h7H,4-6H2,1-3H3. The Labute approximate surface area is 116 Å². The van der Waals surface area contributed by atoms with Gasteiger partial charge in [-0.25, -0.2) is 8.42 Å². The maximum atomic E-state index is 12.3. The number of rotatable bonds is 2. The van der Waals surface area contributed by atoms with Gasteiger partial charge in [-0.2, -0.15) is 0 Å². The fraction of sp³-hybridized carbons (Fsp3) is 0.583. The second kappa shape index (κ2) is 4.52. The molecule has 7 heteroatoms. The van der Waals surface area contributed by atoms with Gasteiger partial charge in [0.25, 0.3) is 15.0 Å². The van der Waals surface area contributed by atoms with Crippen LogP contribution in [0, 0.1) is 6.92 Å². The van der Waals surface area contributed by atoms with Gasteiger partial charge >= 0.3 is 0 Å². The van der Waals surface area contributed by atoms with E-state index in [1.165, 1.54) is 13.0 Å². The third kappa shape index (κ3) is 2.65. The number of likely N-dealkylation sites (tertiary alicyclic amines) is 1. The molecule has 0 N–H and O–H groups in total. The summed E-state index contributed by atoms with van der Waals surface area (Å²) in [7, 11) is 1.39. The Morgan fingerprint density at radius 1 is 1.47 bits per heavy atom. The van der Waals surface area contributed by atoms with Gasteiger partial charge in [0.1, 0.15) is 10.7 Å². The molecule has 5 nitrogen and oxygen atoms in total. The van der Waals surface area contributed by atoms with Crippen molar-refractivity contribution in [1.29, 1.82) is 0 Å². The molecule has 0 aliphatic carbocycles. The number of furan rings is 1. The first-order valence-electron chi connectivity index (χ1n) is 6.00. The van der Waals surface area contributed by atoms with Gasteiger partial charge in [0.15, 0.2) is 5.76 Å². The van der Waals surface area contributed by atoms with Crippen molar-refractivity contribution in [3.63, 3.8) is 0 Å². The maximum Gasteiger partial charge on any atom is 0.290 e. The normalized spacial score (nSPS) is 18.8. The molecule has 1 aromatic heterocycles. The van der Waals surface area contributed by atoms with E-state index in [1.54, 1.807) is 4.90 Å². The maximum absolute atomic E-state index is 12.3. The van der Waals surface area contributed by atoms with E-state index in [4.69, 9.17) is 15.1 Å². The lowest BCUT2D eigenvalue weighted by Gasteiger charge is -2.30. The van der Waals surface area contributed by atoms with Crippen LogP contribution in [0.2, 0.25) is 0 Å². The Kier molecular flexibility index (Phi) is 3.43. The lowest BCUT2D eigenvalue weighted by atomic mass is 10.0. The average Bonchev–Trinajstić information content (AvgIpc) is 2.79. The molecule has 106 valence electrons. The molecule has 0 atom stereocenters. The molecule has 0 radical (unpaired) electrons. The monoisotopic (exact) mass is 305 g/mol. The molecular weight excluding hydrogens is 290 g/mol. The van der Waals surface area contributed by atoms with Crippen LogP contribution in [0.5, 0.6) is 0 Å². The minimum atomic E-state index is -3.89. The first-order valence-corrected chi connectivity index (χ1v) is 8.31. The summed E-state index contributed by atoms with van der Waals surface area (Å²) in [5, 5.41) is 0. The zero-order valence-corrected chi connectivity index (χ0v) is 12.6. The Balaban J connectivity index is 2.36. The SMILES string of the molecule is Cc1oc(C(=O)N2CCCC2(C)C)cc1S(=O)(=O)Cl. The van der Waals surface area contributed by atoms with E-state index in [0.29, 0.717) is 6.54 Å². The zero-order chi connectivity index (χ0) is 14.4. The molecule has 1 aliphatic rings. The number of carbonyl (C=O) groups excluding carboxylic acids is 1. The van der Waals surface area contributed by atoms with Gasteiger partial charge < -0.3 is 9.32 Å². The van der Waals surface area contributed by atoms with Gasteiger partial charge in [0, 0.05) is 28.8 Å². The van der Waals surface area contributed by atoms with Crippen molar-refractivity contribution < 1.29 is 17.6 Å². The van der Waals surface area contributed by atoms with E-state index >= 15 is 0 Å².